The molecule has 1 atom stereocenters. The second-order valence-corrected chi connectivity index (χ2v) is 5.72. The largest absolute Gasteiger partial charge is 0.481 e. The van der Waals surface area contributed by atoms with Crippen molar-refractivity contribution in [2.45, 2.75) is 33.1 Å². The van der Waals surface area contributed by atoms with Gasteiger partial charge in [-0.3, -0.25) is 0 Å². The molecule has 1 aromatic heterocycles. The molecular weight excluding hydrogens is 252 g/mol. The van der Waals surface area contributed by atoms with Crippen molar-refractivity contribution in [1.82, 2.24) is 14.9 Å². The molecular formula is C15H26N4O. The van der Waals surface area contributed by atoms with Gasteiger partial charge in [-0.05, 0) is 38.8 Å². The molecule has 0 radical (unpaired) electrons. The molecule has 1 aliphatic rings. The fraction of sp³-hybridized carbons (Fsp3) is 0.733. The lowest BCUT2D eigenvalue weighted by atomic mass is 10.1. The van der Waals surface area contributed by atoms with Gasteiger partial charge < -0.3 is 15.0 Å². The molecule has 0 spiro atoms. The first-order valence-electron chi connectivity index (χ1n) is 7.53. The lowest BCUT2D eigenvalue weighted by molar-refractivity contribution is 0.204. The molecule has 0 aromatic carbocycles. The molecule has 5 nitrogen and oxygen atoms in total. The average molecular weight is 278 g/mol. The first-order chi connectivity index (χ1) is 9.67. The lowest BCUT2D eigenvalue weighted by Gasteiger charge is -2.29. The normalized spacial score (nSPS) is 17.8. The van der Waals surface area contributed by atoms with Gasteiger partial charge in [-0.1, -0.05) is 13.3 Å². The number of piperidine rings is 1. The Balaban J connectivity index is 1.80. The Morgan fingerprint density at radius 2 is 2.05 bits per heavy atom. The molecule has 2 heterocycles. The second kappa shape index (κ2) is 7.43. The summed E-state index contributed by atoms with van der Waals surface area (Å²) < 4.78 is 5.16. The van der Waals surface area contributed by atoms with Crippen molar-refractivity contribution in [3.8, 4) is 5.88 Å². The van der Waals surface area contributed by atoms with Crippen molar-refractivity contribution in [2.75, 3.05) is 38.6 Å². The van der Waals surface area contributed by atoms with Gasteiger partial charge in [0.25, 0.3) is 0 Å². The Morgan fingerprint density at radius 1 is 1.30 bits per heavy atom. The van der Waals surface area contributed by atoms with Crippen LogP contribution in [0.4, 0.5) is 5.95 Å². The second-order valence-electron chi connectivity index (χ2n) is 5.72. The highest BCUT2D eigenvalue weighted by Gasteiger charge is 2.13. The zero-order chi connectivity index (χ0) is 14.4. The number of ether oxygens (including phenoxy) is 1. The molecule has 1 N–H and O–H groups in total. The smallest absolute Gasteiger partial charge is 0.226 e. The van der Waals surface area contributed by atoms with E-state index in [2.05, 4.69) is 27.1 Å². The van der Waals surface area contributed by atoms with Gasteiger partial charge in [0, 0.05) is 24.8 Å². The van der Waals surface area contributed by atoms with Crippen molar-refractivity contribution in [1.29, 1.82) is 0 Å². The molecule has 0 aliphatic carbocycles. The maximum atomic E-state index is 5.16. The molecule has 2 rings (SSSR count). The van der Waals surface area contributed by atoms with Crippen LogP contribution in [0.3, 0.4) is 0 Å². The predicted octanol–water partition coefficient (Wildman–Crippen LogP) is 2.33. The Labute approximate surface area is 121 Å². The fourth-order valence-corrected chi connectivity index (χ4v) is 2.64. The minimum atomic E-state index is 0.586. The van der Waals surface area contributed by atoms with Gasteiger partial charge in [0.15, 0.2) is 0 Å². The Kier molecular flexibility index (Phi) is 5.59. The number of nitrogens with zero attached hydrogens (tertiary/aromatic N) is 3. The number of likely N-dealkylation sites (tertiary alicyclic amines) is 1. The summed E-state index contributed by atoms with van der Waals surface area (Å²) in [5.41, 5.74) is 0.919. The van der Waals surface area contributed by atoms with Crippen molar-refractivity contribution >= 4 is 5.95 Å². The molecule has 0 amide bonds. The highest BCUT2D eigenvalue weighted by atomic mass is 16.5. The fourth-order valence-electron chi connectivity index (χ4n) is 2.64. The molecule has 1 fully saturated rings. The lowest BCUT2D eigenvalue weighted by Crippen LogP contribution is -2.35. The quantitative estimate of drug-likeness (QED) is 0.865. The van der Waals surface area contributed by atoms with Crippen molar-refractivity contribution in [2.24, 2.45) is 5.92 Å². The third-order valence-electron chi connectivity index (χ3n) is 3.67. The summed E-state index contributed by atoms with van der Waals surface area (Å²) in [6.45, 7) is 8.76. The Hall–Kier alpha value is -1.36. The van der Waals surface area contributed by atoms with Crippen molar-refractivity contribution in [3.05, 3.63) is 11.8 Å². The summed E-state index contributed by atoms with van der Waals surface area (Å²) in [7, 11) is 1.63. The first kappa shape index (κ1) is 15.0. The molecule has 112 valence electrons. The van der Waals surface area contributed by atoms with Gasteiger partial charge in [-0.2, -0.15) is 4.98 Å². The maximum absolute atomic E-state index is 5.16. The van der Waals surface area contributed by atoms with Crippen LogP contribution in [0.15, 0.2) is 6.07 Å². The standard InChI is InChI=1S/C15H26N4O/c1-12(11-19-7-5-4-6-8-19)10-16-15-17-13(2)9-14(18-15)20-3/h9,12H,4-8,10-11H2,1-3H3,(H,16,17,18). The number of hydrogen-bond donors (Lipinski definition) is 1. The number of aromatic nitrogens is 2. The summed E-state index contributed by atoms with van der Waals surface area (Å²) >= 11 is 0. The molecule has 1 aromatic rings. The van der Waals surface area contributed by atoms with Gasteiger partial charge in [-0.15, -0.1) is 0 Å². The van der Waals surface area contributed by atoms with Gasteiger partial charge >= 0.3 is 0 Å². The summed E-state index contributed by atoms with van der Waals surface area (Å²) in [5, 5.41) is 3.32. The van der Waals surface area contributed by atoms with E-state index in [0.717, 1.165) is 18.8 Å². The van der Waals surface area contributed by atoms with Crippen LogP contribution < -0.4 is 10.1 Å². The minimum absolute atomic E-state index is 0.586. The van der Waals surface area contributed by atoms with E-state index in [1.54, 1.807) is 7.11 Å². The third-order valence-corrected chi connectivity index (χ3v) is 3.67. The number of anilines is 1. The molecule has 0 saturated carbocycles. The van der Waals surface area contributed by atoms with E-state index in [9.17, 15) is 0 Å². The van der Waals surface area contributed by atoms with Crippen LogP contribution in [-0.2, 0) is 0 Å². The van der Waals surface area contributed by atoms with Crippen LogP contribution in [0.5, 0.6) is 5.88 Å². The van der Waals surface area contributed by atoms with Crippen LogP contribution >= 0.6 is 0 Å². The van der Waals surface area contributed by atoms with E-state index in [1.807, 2.05) is 13.0 Å². The van der Waals surface area contributed by atoms with Crippen LogP contribution in [0.2, 0.25) is 0 Å². The monoisotopic (exact) mass is 278 g/mol. The molecule has 1 unspecified atom stereocenters. The van der Waals surface area contributed by atoms with E-state index >= 15 is 0 Å². The van der Waals surface area contributed by atoms with Crippen LogP contribution in [-0.4, -0.2) is 48.2 Å². The zero-order valence-corrected chi connectivity index (χ0v) is 12.9. The Morgan fingerprint density at radius 3 is 2.75 bits per heavy atom. The number of aryl methyl sites for hydroxylation is 1. The summed E-state index contributed by atoms with van der Waals surface area (Å²) in [5.74, 6) is 1.86. The van der Waals surface area contributed by atoms with Crippen LogP contribution in [0.25, 0.3) is 0 Å². The Bertz CT molecular complexity index is 418. The van der Waals surface area contributed by atoms with E-state index in [4.69, 9.17) is 4.74 Å². The van der Waals surface area contributed by atoms with Crippen LogP contribution in [0, 0.1) is 12.8 Å². The van der Waals surface area contributed by atoms with Gasteiger partial charge in [0.2, 0.25) is 11.8 Å². The molecule has 20 heavy (non-hydrogen) atoms. The van der Waals surface area contributed by atoms with E-state index < -0.39 is 0 Å². The number of nitrogens with one attached hydrogen (secondary N) is 1. The van der Waals surface area contributed by atoms with Gasteiger partial charge in [0.05, 0.1) is 7.11 Å². The molecule has 1 aliphatic heterocycles. The number of rotatable bonds is 6. The summed E-state index contributed by atoms with van der Waals surface area (Å²) in [6.07, 6.45) is 4.08. The van der Waals surface area contributed by atoms with Crippen LogP contribution in [0.1, 0.15) is 31.9 Å². The molecule has 5 heteroatoms. The summed E-state index contributed by atoms with van der Waals surface area (Å²) in [6, 6.07) is 1.84. The van der Waals surface area contributed by atoms with E-state index in [0.29, 0.717) is 17.7 Å². The maximum Gasteiger partial charge on any atom is 0.226 e. The SMILES string of the molecule is COc1cc(C)nc(NCC(C)CN2CCCCC2)n1. The number of hydrogen-bond acceptors (Lipinski definition) is 5. The van der Waals surface area contributed by atoms with Crippen molar-refractivity contribution in [3.63, 3.8) is 0 Å². The highest BCUT2D eigenvalue weighted by molar-refractivity contribution is 5.30. The minimum Gasteiger partial charge on any atom is -0.481 e. The first-order valence-corrected chi connectivity index (χ1v) is 7.53. The zero-order valence-electron chi connectivity index (χ0n) is 12.9. The van der Waals surface area contributed by atoms with E-state index in [-0.39, 0.29) is 0 Å². The van der Waals surface area contributed by atoms with Gasteiger partial charge in [-0.25, -0.2) is 4.98 Å². The predicted molar refractivity (Wildman–Crippen MR) is 81.3 cm³/mol. The number of methoxy groups -OCH3 is 1. The topological polar surface area (TPSA) is 50.3 Å². The van der Waals surface area contributed by atoms with E-state index in [1.165, 1.54) is 32.4 Å². The third kappa shape index (κ3) is 4.63. The van der Waals surface area contributed by atoms with Crippen molar-refractivity contribution < 1.29 is 4.74 Å². The summed E-state index contributed by atoms with van der Waals surface area (Å²) in [4.78, 5) is 11.3. The molecule has 0 bridgehead atoms. The molecule has 1 saturated heterocycles. The highest BCUT2D eigenvalue weighted by Crippen LogP contribution is 2.13. The average Bonchev–Trinajstić information content (AvgIpc) is 2.45. The van der Waals surface area contributed by atoms with Gasteiger partial charge in [0.1, 0.15) is 0 Å².